The molecule has 32 heavy (non-hydrogen) atoms. The highest BCUT2D eigenvalue weighted by Crippen LogP contribution is 2.31. The zero-order chi connectivity index (χ0) is 23.1. The average molecular weight is 440 g/mol. The number of ether oxygens (including phenoxy) is 2. The molecule has 0 amide bonds. The predicted molar refractivity (Wildman–Crippen MR) is 121 cm³/mol. The van der Waals surface area contributed by atoms with Crippen LogP contribution in [0.3, 0.4) is 0 Å². The van der Waals surface area contributed by atoms with Crippen LogP contribution in [-0.4, -0.2) is 28.9 Å². The van der Waals surface area contributed by atoms with Crippen molar-refractivity contribution >= 4 is 16.9 Å². The highest BCUT2D eigenvalue weighted by Gasteiger charge is 2.19. The van der Waals surface area contributed by atoms with Crippen LogP contribution in [0, 0.1) is 5.92 Å². The van der Waals surface area contributed by atoms with E-state index in [-0.39, 0.29) is 35.2 Å². The molecular weight excluding hydrogens is 412 g/mol. The van der Waals surface area contributed by atoms with Gasteiger partial charge in [-0.1, -0.05) is 32.0 Å². The van der Waals surface area contributed by atoms with E-state index < -0.39 is 18.2 Å². The van der Waals surface area contributed by atoms with Gasteiger partial charge in [0.25, 0.3) is 0 Å². The number of para-hydroxylation sites is 1. The molecule has 0 aliphatic carbocycles. The summed E-state index contributed by atoms with van der Waals surface area (Å²) in [6.07, 6.45) is 2.47. The lowest BCUT2D eigenvalue weighted by Gasteiger charge is -2.20. The molecule has 170 valence electrons. The second-order valence-corrected chi connectivity index (χ2v) is 8.12. The molecule has 0 radical (unpaired) electrons. The molecule has 0 saturated heterocycles. The van der Waals surface area contributed by atoms with Gasteiger partial charge in [0, 0.05) is 0 Å². The Morgan fingerprint density at radius 1 is 1.03 bits per heavy atom. The molecule has 1 unspecified atom stereocenters. The van der Waals surface area contributed by atoms with Crippen LogP contribution >= 0.6 is 0 Å². The van der Waals surface area contributed by atoms with E-state index in [9.17, 15) is 14.7 Å². The Bertz CT molecular complexity index is 1100. The Kier molecular flexibility index (Phi) is 7.76. The average Bonchev–Trinajstić information content (AvgIpc) is 2.76. The smallest absolute Gasteiger partial charge is 0.343 e. The summed E-state index contributed by atoms with van der Waals surface area (Å²) in [6.45, 7) is 3.78. The number of hydrogen-bond donors (Lipinski definition) is 2. The largest absolute Gasteiger partial charge is 0.507 e. The third-order valence-electron chi connectivity index (χ3n) is 5.13. The molecular formula is C25H28O7. The highest BCUT2D eigenvalue weighted by atomic mass is 16.5. The molecule has 0 fully saturated rings. The minimum atomic E-state index is -1.11. The quantitative estimate of drug-likeness (QED) is 0.413. The van der Waals surface area contributed by atoms with Crippen LogP contribution in [0.25, 0.3) is 11.0 Å². The Hall–Kier alpha value is -3.48. The molecule has 0 saturated carbocycles. The van der Waals surface area contributed by atoms with Gasteiger partial charge < -0.3 is 24.1 Å². The van der Waals surface area contributed by atoms with Crippen LogP contribution in [-0.2, 0) is 11.2 Å². The fourth-order valence-electron chi connectivity index (χ4n) is 3.44. The van der Waals surface area contributed by atoms with Gasteiger partial charge in [-0.3, -0.25) is 0 Å². The molecule has 0 aliphatic rings. The summed E-state index contributed by atoms with van der Waals surface area (Å²) in [5.41, 5.74) is -0.230. The summed E-state index contributed by atoms with van der Waals surface area (Å²) in [5.74, 6) is 0.244. The van der Waals surface area contributed by atoms with Crippen molar-refractivity contribution in [3.63, 3.8) is 0 Å². The SMILES string of the molecule is CC(C)CCC(CCc1c(O)c2cc(OCC(=O)O)ccc2oc1=O)Oc1ccccc1. The second-order valence-electron chi connectivity index (χ2n) is 8.12. The summed E-state index contributed by atoms with van der Waals surface area (Å²) in [5, 5.41) is 19.9. The van der Waals surface area contributed by atoms with Crippen molar-refractivity contribution in [1.82, 2.24) is 0 Å². The van der Waals surface area contributed by atoms with E-state index in [0.29, 0.717) is 17.7 Å². The third-order valence-corrected chi connectivity index (χ3v) is 5.13. The fourth-order valence-corrected chi connectivity index (χ4v) is 3.44. The van der Waals surface area contributed by atoms with Crippen LogP contribution in [0.4, 0.5) is 0 Å². The van der Waals surface area contributed by atoms with Gasteiger partial charge in [0.2, 0.25) is 0 Å². The second kappa shape index (κ2) is 10.7. The van der Waals surface area contributed by atoms with Crippen LogP contribution in [0.5, 0.6) is 17.2 Å². The highest BCUT2D eigenvalue weighted by molar-refractivity contribution is 5.85. The fraction of sp³-hybridized carbons (Fsp3) is 0.360. The van der Waals surface area contributed by atoms with Crippen molar-refractivity contribution in [3.05, 3.63) is 64.5 Å². The summed E-state index contributed by atoms with van der Waals surface area (Å²) in [7, 11) is 0. The normalized spacial score (nSPS) is 12.1. The van der Waals surface area contributed by atoms with Crippen molar-refractivity contribution in [1.29, 1.82) is 0 Å². The Morgan fingerprint density at radius 3 is 2.47 bits per heavy atom. The van der Waals surface area contributed by atoms with E-state index in [1.807, 2.05) is 30.3 Å². The first-order chi connectivity index (χ1) is 15.3. The molecule has 7 nitrogen and oxygen atoms in total. The minimum absolute atomic E-state index is 0.125. The molecule has 7 heteroatoms. The van der Waals surface area contributed by atoms with Crippen molar-refractivity contribution in [3.8, 4) is 17.2 Å². The number of hydrogen-bond acceptors (Lipinski definition) is 6. The maximum absolute atomic E-state index is 12.5. The first-order valence-corrected chi connectivity index (χ1v) is 10.7. The molecule has 0 bridgehead atoms. The van der Waals surface area contributed by atoms with Gasteiger partial charge in [-0.2, -0.15) is 0 Å². The lowest BCUT2D eigenvalue weighted by Crippen LogP contribution is -2.20. The van der Waals surface area contributed by atoms with Crippen molar-refractivity contribution in [2.75, 3.05) is 6.61 Å². The van der Waals surface area contributed by atoms with Crippen molar-refractivity contribution in [2.24, 2.45) is 5.92 Å². The van der Waals surface area contributed by atoms with Gasteiger partial charge in [-0.15, -0.1) is 0 Å². The lowest BCUT2D eigenvalue weighted by molar-refractivity contribution is -0.139. The summed E-state index contributed by atoms with van der Waals surface area (Å²) < 4.78 is 16.7. The number of benzene rings is 2. The first kappa shape index (κ1) is 23.2. The summed E-state index contributed by atoms with van der Waals surface area (Å²) >= 11 is 0. The van der Waals surface area contributed by atoms with Gasteiger partial charge in [0.05, 0.1) is 17.1 Å². The van der Waals surface area contributed by atoms with Gasteiger partial charge >= 0.3 is 11.6 Å². The van der Waals surface area contributed by atoms with Crippen LogP contribution in [0.1, 0.15) is 38.7 Å². The van der Waals surface area contributed by atoms with E-state index >= 15 is 0 Å². The van der Waals surface area contributed by atoms with E-state index in [0.717, 1.165) is 18.6 Å². The van der Waals surface area contributed by atoms with E-state index in [1.165, 1.54) is 18.2 Å². The minimum Gasteiger partial charge on any atom is -0.507 e. The number of aliphatic carboxylic acids is 1. The molecule has 3 aromatic rings. The molecule has 0 spiro atoms. The number of carboxylic acid groups (broad SMARTS) is 1. The molecule has 1 atom stereocenters. The Balaban J connectivity index is 1.81. The maximum atomic E-state index is 12.5. The van der Waals surface area contributed by atoms with Crippen LogP contribution in [0.15, 0.2) is 57.7 Å². The van der Waals surface area contributed by atoms with E-state index in [4.69, 9.17) is 19.0 Å². The van der Waals surface area contributed by atoms with Gasteiger partial charge in [0.1, 0.15) is 22.8 Å². The summed E-state index contributed by atoms with van der Waals surface area (Å²) in [4.78, 5) is 23.2. The molecule has 1 heterocycles. The lowest BCUT2D eigenvalue weighted by atomic mass is 9.99. The molecule has 2 N–H and O–H groups in total. The van der Waals surface area contributed by atoms with Gasteiger partial charge in [-0.25, -0.2) is 9.59 Å². The molecule has 2 aromatic carbocycles. The number of carbonyl (C=O) groups is 1. The topological polar surface area (TPSA) is 106 Å². The predicted octanol–water partition coefficient (Wildman–Crippen LogP) is 4.78. The standard InChI is InChI=1S/C25H28O7/c1-16(2)8-9-18(31-17-6-4-3-5-7-17)10-12-20-24(28)21-14-19(30-15-23(26)27)11-13-22(21)32-25(20)29/h3-7,11,13-14,16,18,28H,8-10,12,15H2,1-2H3,(H,26,27). The Labute approximate surface area is 186 Å². The van der Waals surface area contributed by atoms with Gasteiger partial charge in [0.15, 0.2) is 6.61 Å². The zero-order valence-corrected chi connectivity index (χ0v) is 18.2. The van der Waals surface area contributed by atoms with Gasteiger partial charge in [-0.05, 0) is 61.9 Å². The zero-order valence-electron chi connectivity index (χ0n) is 18.2. The third kappa shape index (κ3) is 6.26. The van der Waals surface area contributed by atoms with Crippen molar-refractivity contribution in [2.45, 2.75) is 45.6 Å². The summed E-state index contributed by atoms with van der Waals surface area (Å²) in [6, 6.07) is 13.9. The monoisotopic (exact) mass is 440 g/mol. The number of fused-ring (bicyclic) bond motifs is 1. The molecule has 1 aromatic heterocycles. The van der Waals surface area contributed by atoms with Crippen LogP contribution < -0.4 is 15.1 Å². The first-order valence-electron chi connectivity index (χ1n) is 10.7. The van der Waals surface area contributed by atoms with Crippen molar-refractivity contribution < 1.29 is 28.9 Å². The maximum Gasteiger partial charge on any atom is 0.343 e. The Morgan fingerprint density at radius 2 is 1.78 bits per heavy atom. The molecule has 3 rings (SSSR count). The van der Waals surface area contributed by atoms with Crippen LogP contribution in [0.2, 0.25) is 0 Å². The number of rotatable bonds is 11. The van der Waals surface area contributed by atoms with E-state index in [1.54, 1.807) is 0 Å². The van der Waals surface area contributed by atoms with E-state index in [2.05, 4.69) is 13.8 Å². The number of carboxylic acids is 1. The number of aromatic hydroxyl groups is 1. The molecule has 0 aliphatic heterocycles.